The van der Waals surface area contributed by atoms with Crippen LogP contribution in [0.25, 0.3) is 0 Å². The van der Waals surface area contributed by atoms with Crippen molar-refractivity contribution in [3.63, 3.8) is 0 Å². The molecule has 0 aliphatic rings. The van der Waals surface area contributed by atoms with E-state index in [0.717, 1.165) is 77.0 Å². The lowest BCUT2D eigenvalue weighted by Crippen LogP contribution is -2.35. The van der Waals surface area contributed by atoms with Crippen LogP contribution in [0.1, 0.15) is 375 Å². The van der Waals surface area contributed by atoms with Gasteiger partial charge in [0.2, 0.25) is 23.6 Å². The summed E-state index contributed by atoms with van der Waals surface area (Å²) in [5, 5.41) is 12.2. The first-order chi connectivity index (χ1) is 43.2. The SMILES string of the molecule is CCCCC/C=C\C/C=C\CCCCCCCC(=O)NCC(C)CNC(=O)CCCCCCC/C=C\C/C=C\CCCCC.CCCCCCCC/C=C\CCCCCCCC(=O)NCC(C)CNC(=O)CCCCCCC/C=C\CCCCCCCC. The highest BCUT2D eigenvalue weighted by molar-refractivity contribution is 5.77. The number of rotatable bonds is 66. The number of nitrogens with one attached hydrogen (secondary N) is 4. The van der Waals surface area contributed by atoms with Crippen molar-refractivity contribution in [2.75, 3.05) is 26.2 Å². The van der Waals surface area contributed by atoms with E-state index in [1.807, 2.05) is 0 Å². The van der Waals surface area contributed by atoms with Crippen molar-refractivity contribution in [2.45, 2.75) is 375 Å². The van der Waals surface area contributed by atoms with Gasteiger partial charge in [0.25, 0.3) is 0 Å². The maximum atomic E-state index is 12.2. The van der Waals surface area contributed by atoms with E-state index < -0.39 is 0 Å². The summed E-state index contributed by atoms with van der Waals surface area (Å²) >= 11 is 0. The minimum atomic E-state index is 0.138. The van der Waals surface area contributed by atoms with Gasteiger partial charge in [0, 0.05) is 51.9 Å². The van der Waals surface area contributed by atoms with Gasteiger partial charge in [-0.05, 0) is 153 Å². The van der Waals surface area contributed by atoms with E-state index in [2.05, 4.69) is 136 Å². The fourth-order valence-electron chi connectivity index (χ4n) is 10.6. The number of allylic oxidation sites excluding steroid dienone is 12. The van der Waals surface area contributed by atoms with Gasteiger partial charge in [-0.1, -0.05) is 281 Å². The molecule has 8 nitrogen and oxygen atoms in total. The zero-order valence-corrected chi connectivity index (χ0v) is 59.3. The third kappa shape index (κ3) is 76.6. The quantitative estimate of drug-likeness (QED) is 0.0359. The van der Waals surface area contributed by atoms with Gasteiger partial charge in [0.05, 0.1) is 0 Å². The van der Waals surface area contributed by atoms with Crippen LogP contribution in [0.4, 0.5) is 0 Å². The zero-order chi connectivity index (χ0) is 64.4. The van der Waals surface area contributed by atoms with Crippen LogP contribution in [-0.2, 0) is 19.2 Å². The van der Waals surface area contributed by atoms with E-state index >= 15 is 0 Å². The van der Waals surface area contributed by atoms with Gasteiger partial charge in [-0.25, -0.2) is 0 Å². The van der Waals surface area contributed by atoms with Crippen molar-refractivity contribution >= 4 is 23.6 Å². The van der Waals surface area contributed by atoms with Gasteiger partial charge >= 0.3 is 0 Å². The highest BCUT2D eigenvalue weighted by Gasteiger charge is 2.10. The third-order valence-electron chi connectivity index (χ3n) is 16.6. The first-order valence-corrected chi connectivity index (χ1v) is 38.2. The summed E-state index contributed by atoms with van der Waals surface area (Å²) in [5.74, 6) is 1.07. The fraction of sp³-hybridized carbons (Fsp3) is 0.800. The Bertz CT molecular complexity index is 1550. The van der Waals surface area contributed by atoms with Crippen molar-refractivity contribution in [1.82, 2.24) is 21.3 Å². The molecule has 0 bridgehead atoms. The molecule has 0 aliphatic heterocycles. The first kappa shape index (κ1) is 86.4. The monoisotopic (exact) mass is 1230 g/mol. The molecule has 8 heteroatoms. The molecule has 0 spiro atoms. The number of hydrogen-bond donors (Lipinski definition) is 4. The van der Waals surface area contributed by atoms with Gasteiger partial charge in [0.1, 0.15) is 0 Å². The molecule has 0 saturated carbocycles. The van der Waals surface area contributed by atoms with Crippen LogP contribution >= 0.6 is 0 Å². The Kier molecular flexibility index (Phi) is 74.4. The highest BCUT2D eigenvalue weighted by Crippen LogP contribution is 2.14. The Morgan fingerprint density at radius 1 is 0.227 bits per heavy atom. The van der Waals surface area contributed by atoms with E-state index in [-0.39, 0.29) is 35.5 Å². The van der Waals surface area contributed by atoms with E-state index in [0.29, 0.717) is 51.9 Å². The molecule has 88 heavy (non-hydrogen) atoms. The molecule has 0 atom stereocenters. The lowest BCUT2D eigenvalue weighted by molar-refractivity contribution is -0.122. The molecule has 0 unspecified atom stereocenters. The lowest BCUT2D eigenvalue weighted by atomic mass is 10.1. The largest absolute Gasteiger partial charge is 0.356 e. The van der Waals surface area contributed by atoms with Crippen molar-refractivity contribution in [2.24, 2.45) is 11.8 Å². The summed E-state index contributed by atoms with van der Waals surface area (Å²) in [4.78, 5) is 48.7. The van der Waals surface area contributed by atoms with Crippen LogP contribution in [0.3, 0.4) is 0 Å². The third-order valence-corrected chi connectivity index (χ3v) is 16.6. The van der Waals surface area contributed by atoms with Crippen molar-refractivity contribution in [1.29, 1.82) is 0 Å². The molecule has 0 saturated heterocycles. The Hall–Kier alpha value is -3.68. The average molecular weight is 1230 g/mol. The molecule has 0 aromatic rings. The van der Waals surface area contributed by atoms with Gasteiger partial charge in [-0.15, -0.1) is 0 Å². The maximum Gasteiger partial charge on any atom is 0.220 e. The highest BCUT2D eigenvalue weighted by atomic mass is 16.2. The molecule has 0 heterocycles. The fourth-order valence-corrected chi connectivity index (χ4v) is 10.6. The Morgan fingerprint density at radius 3 is 0.602 bits per heavy atom. The summed E-state index contributed by atoms with van der Waals surface area (Å²) in [7, 11) is 0. The molecule has 0 aromatic carbocycles. The average Bonchev–Trinajstić information content (AvgIpc) is 3.53. The van der Waals surface area contributed by atoms with Crippen LogP contribution in [0, 0.1) is 11.8 Å². The minimum Gasteiger partial charge on any atom is -0.356 e. The maximum absolute atomic E-state index is 12.2. The Morgan fingerprint density at radius 2 is 0.386 bits per heavy atom. The number of amides is 4. The second-order valence-electron chi connectivity index (χ2n) is 26.1. The van der Waals surface area contributed by atoms with Crippen LogP contribution in [0.2, 0.25) is 0 Å². The normalized spacial score (nSPS) is 11.9. The van der Waals surface area contributed by atoms with Crippen molar-refractivity contribution in [3.8, 4) is 0 Å². The predicted octanol–water partition coefficient (Wildman–Crippen LogP) is 23.4. The minimum absolute atomic E-state index is 0.138. The second-order valence-corrected chi connectivity index (χ2v) is 26.1. The molecule has 4 N–H and O–H groups in total. The topological polar surface area (TPSA) is 116 Å². The number of hydrogen-bond acceptors (Lipinski definition) is 4. The number of carbonyl (C=O) groups excluding carboxylic acids is 4. The molecule has 0 aliphatic carbocycles. The van der Waals surface area contributed by atoms with Crippen LogP contribution in [-0.4, -0.2) is 49.8 Å². The zero-order valence-electron chi connectivity index (χ0n) is 59.3. The van der Waals surface area contributed by atoms with Gasteiger partial charge in [-0.2, -0.15) is 0 Å². The Balaban J connectivity index is 0. The molecular formula is C80H148N4O4. The molecule has 0 rings (SSSR count). The van der Waals surface area contributed by atoms with E-state index in [1.165, 1.54) is 231 Å². The van der Waals surface area contributed by atoms with Gasteiger partial charge in [-0.3, -0.25) is 19.2 Å². The molecule has 512 valence electrons. The lowest BCUT2D eigenvalue weighted by Gasteiger charge is -2.14. The summed E-state index contributed by atoms with van der Waals surface area (Å²) in [6, 6.07) is 0. The van der Waals surface area contributed by atoms with E-state index in [4.69, 9.17) is 0 Å². The number of carbonyl (C=O) groups is 4. The standard InChI is InChI=1S/C40H76N2O2.C40H72N2O2/c2*1-4-6-8-10-12-14-16-18-20-22-24-26-28-30-32-34-39(43)41-36-38(3)37-42-40(44)35-33-31-29-27-25-23-21-19-17-15-13-11-9-7-5-2/h18-21,38H,4-17,22-37H2,1-3H3,(H,41,43)(H,42,44);12-15,18-21,38H,4-11,16-17,22-37H2,1-3H3,(H,41,43)(H,42,44)/b20-18-,21-19-;14-12-,15-13-,20-18-,21-19-. The van der Waals surface area contributed by atoms with E-state index in [1.54, 1.807) is 0 Å². The predicted molar refractivity (Wildman–Crippen MR) is 388 cm³/mol. The van der Waals surface area contributed by atoms with Crippen molar-refractivity contribution < 1.29 is 19.2 Å². The van der Waals surface area contributed by atoms with Crippen LogP contribution < -0.4 is 21.3 Å². The van der Waals surface area contributed by atoms with E-state index in [9.17, 15) is 19.2 Å². The molecule has 4 amide bonds. The summed E-state index contributed by atoms with van der Waals surface area (Å²) in [5.41, 5.74) is 0. The smallest absolute Gasteiger partial charge is 0.220 e. The Labute approximate surface area is 547 Å². The summed E-state index contributed by atoms with van der Waals surface area (Å²) in [6.07, 6.45) is 89.7. The molecule has 0 fully saturated rings. The van der Waals surface area contributed by atoms with Crippen molar-refractivity contribution in [3.05, 3.63) is 72.9 Å². The summed E-state index contributed by atoms with van der Waals surface area (Å²) in [6.45, 7) is 15.7. The van der Waals surface area contributed by atoms with Crippen LogP contribution in [0.5, 0.6) is 0 Å². The second kappa shape index (κ2) is 75.8. The van der Waals surface area contributed by atoms with Crippen LogP contribution in [0.15, 0.2) is 72.9 Å². The molecule has 0 radical (unpaired) electrons. The first-order valence-electron chi connectivity index (χ1n) is 38.2. The molecule has 0 aromatic heterocycles. The van der Waals surface area contributed by atoms with Gasteiger partial charge < -0.3 is 21.3 Å². The number of unbranched alkanes of at least 4 members (excludes halogenated alkanes) is 38. The summed E-state index contributed by atoms with van der Waals surface area (Å²) < 4.78 is 0. The van der Waals surface area contributed by atoms with Gasteiger partial charge in [0.15, 0.2) is 0 Å². The molecular weight excluding hydrogens is 1080 g/mol.